The Kier molecular flexibility index (Phi) is 6.59. The van der Waals surface area contributed by atoms with E-state index in [0.29, 0.717) is 54.2 Å². The van der Waals surface area contributed by atoms with Crippen molar-refractivity contribution in [1.82, 2.24) is 25.2 Å². The molecule has 1 aromatic carbocycles. The molecule has 10 nitrogen and oxygen atoms in total. The van der Waals surface area contributed by atoms with Crippen LogP contribution >= 0.6 is 0 Å². The number of imide groups is 1. The SMILES string of the molecule is CNC(=O)c1ccc2c(O[C@H]3CC[C@H](N4C(=O)CN(c5cncc(C(F)(F)F)c5)C4=O)CC3)ncnc2c1. The van der Waals surface area contributed by atoms with Gasteiger partial charge in [-0.15, -0.1) is 0 Å². The number of aromatic nitrogens is 3. The Labute approximate surface area is 214 Å². The van der Waals surface area contributed by atoms with Crippen LogP contribution in [0.4, 0.5) is 23.7 Å². The second kappa shape index (κ2) is 9.88. The summed E-state index contributed by atoms with van der Waals surface area (Å²) in [6.45, 7) is -0.344. The van der Waals surface area contributed by atoms with E-state index in [1.807, 2.05) is 0 Å². The third kappa shape index (κ3) is 4.83. The summed E-state index contributed by atoms with van der Waals surface area (Å²) in [5.74, 6) is -0.329. The van der Waals surface area contributed by atoms with Crippen LogP contribution in [0.25, 0.3) is 10.9 Å². The van der Waals surface area contributed by atoms with Crippen molar-refractivity contribution in [2.45, 2.75) is 44.0 Å². The maximum atomic E-state index is 13.1. The van der Waals surface area contributed by atoms with Gasteiger partial charge in [0.15, 0.2) is 0 Å². The van der Waals surface area contributed by atoms with Crippen LogP contribution in [0.3, 0.4) is 0 Å². The van der Waals surface area contributed by atoms with Crippen LogP contribution in [0, 0.1) is 0 Å². The summed E-state index contributed by atoms with van der Waals surface area (Å²) in [5.41, 5.74) is -0.0522. The molecule has 2 fully saturated rings. The normalized spacial score (nSPS) is 20.2. The number of halogens is 3. The molecule has 0 spiro atoms. The molecule has 1 saturated heterocycles. The molecule has 3 heterocycles. The highest BCUT2D eigenvalue weighted by Crippen LogP contribution is 2.34. The Morgan fingerprint density at radius 2 is 1.84 bits per heavy atom. The molecule has 0 bridgehead atoms. The van der Waals surface area contributed by atoms with Gasteiger partial charge in [0.1, 0.15) is 19.0 Å². The number of nitrogens with one attached hydrogen (secondary N) is 1. The molecule has 5 rings (SSSR count). The molecule has 1 saturated carbocycles. The van der Waals surface area contributed by atoms with Crippen LogP contribution in [-0.2, 0) is 11.0 Å². The van der Waals surface area contributed by atoms with Crippen molar-refractivity contribution >= 4 is 34.4 Å². The molecule has 3 aromatic rings. The predicted molar refractivity (Wildman–Crippen MR) is 128 cm³/mol. The van der Waals surface area contributed by atoms with Crippen molar-refractivity contribution in [3.8, 4) is 5.88 Å². The number of carbonyl (C=O) groups is 3. The fourth-order valence-electron chi connectivity index (χ4n) is 4.80. The lowest BCUT2D eigenvalue weighted by atomic mass is 9.92. The molecule has 1 aliphatic carbocycles. The smallest absolute Gasteiger partial charge is 0.417 e. The molecule has 198 valence electrons. The van der Waals surface area contributed by atoms with Crippen molar-refractivity contribution < 1.29 is 32.3 Å². The Morgan fingerprint density at radius 3 is 2.55 bits per heavy atom. The van der Waals surface area contributed by atoms with Gasteiger partial charge in [0.25, 0.3) is 11.8 Å². The van der Waals surface area contributed by atoms with Crippen LogP contribution in [0.5, 0.6) is 5.88 Å². The molecule has 2 aromatic heterocycles. The Bertz CT molecular complexity index is 1410. The Hall–Kier alpha value is -4.29. The van der Waals surface area contributed by atoms with Gasteiger partial charge in [-0.25, -0.2) is 14.8 Å². The highest BCUT2D eigenvalue weighted by atomic mass is 19.4. The van der Waals surface area contributed by atoms with Crippen molar-refractivity contribution in [2.24, 2.45) is 0 Å². The number of rotatable bonds is 5. The number of urea groups is 1. The van der Waals surface area contributed by atoms with Crippen molar-refractivity contribution in [3.05, 3.63) is 54.1 Å². The molecule has 38 heavy (non-hydrogen) atoms. The highest BCUT2D eigenvalue weighted by molar-refractivity contribution is 6.12. The number of amides is 4. The number of fused-ring (bicyclic) bond motifs is 1. The monoisotopic (exact) mass is 528 g/mol. The molecule has 0 unspecified atom stereocenters. The van der Waals surface area contributed by atoms with Gasteiger partial charge >= 0.3 is 12.2 Å². The number of nitrogens with zero attached hydrogens (tertiary/aromatic N) is 5. The Balaban J connectivity index is 1.25. The summed E-state index contributed by atoms with van der Waals surface area (Å²) >= 11 is 0. The molecule has 1 aliphatic heterocycles. The van der Waals surface area contributed by atoms with Crippen LogP contribution in [0.2, 0.25) is 0 Å². The van der Waals surface area contributed by atoms with Gasteiger partial charge in [0.05, 0.1) is 28.4 Å². The predicted octanol–water partition coefficient (Wildman–Crippen LogP) is 3.56. The van der Waals surface area contributed by atoms with Gasteiger partial charge in [-0.05, 0) is 49.9 Å². The van der Waals surface area contributed by atoms with Gasteiger partial charge in [-0.3, -0.25) is 24.4 Å². The first-order valence-corrected chi connectivity index (χ1v) is 11.9. The molecule has 0 atom stereocenters. The summed E-state index contributed by atoms with van der Waals surface area (Å²) in [5, 5.41) is 3.21. The van der Waals surface area contributed by atoms with E-state index < -0.39 is 29.7 Å². The van der Waals surface area contributed by atoms with E-state index in [1.165, 1.54) is 6.33 Å². The summed E-state index contributed by atoms with van der Waals surface area (Å²) in [6, 6.07) is 4.79. The van der Waals surface area contributed by atoms with Gasteiger partial charge in [-0.1, -0.05) is 0 Å². The number of alkyl halides is 3. The maximum absolute atomic E-state index is 13.1. The van der Waals surface area contributed by atoms with E-state index in [9.17, 15) is 27.6 Å². The third-order valence-corrected chi connectivity index (χ3v) is 6.74. The minimum Gasteiger partial charge on any atom is -0.474 e. The van der Waals surface area contributed by atoms with Crippen LogP contribution in [0.1, 0.15) is 41.6 Å². The number of carbonyl (C=O) groups excluding carboxylic acids is 3. The average molecular weight is 528 g/mol. The second-order valence-electron chi connectivity index (χ2n) is 9.10. The number of pyridine rings is 1. The van der Waals surface area contributed by atoms with Crippen LogP contribution < -0.4 is 15.0 Å². The zero-order valence-electron chi connectivity index (χ0n) is 20.2. The number of hydrogen-bond donors (Lipinski definition) is 1. The van der Waals surface area contributed by atoms with Crippen LogP contribution in [0.15, 0.2) is 43.0 Å². The number of anilines is 1. The van der Waals surface area contributed by atoms with E-state index in [2.05, 4.69) is 20.3 Å². The Morgan fingerprint density at radius 1 is 1.08 bits per heavy atom. The van der Waals surface area contributed by atoms with Crippen LogP contribution in [-0.4, -0.2) is 63.4 Å². The van der Waals surface area contributed by atoms with E-state index in [0.717, 1.165) is 22.1 Å². The topological polar surface area (TPSA) is 118 Å². The second-order valence-corrected chi connectivity index (χ2v) is 9.10. The van der Waals surface area contributed by atoms with Gasteiger partial charge in [0, 0.05) is 24.8 Å². The number of benzene rings is 1. The average Bonchev–Trinajstić information content (AvgIpc) is 3.21. The van der Waals surface area contributed by atoms with Gasteiger partial charge in [0.2, 0.25) is 5.88 Å². The number of ether oxygens (including phenoxy) is 1. The minimum absolute atomic E-state index is 0.0760. The molecular weight excluding hydrogens is 505 g/mol. The van der Waals surface area contributed by atoms with Gasteiger partial charge in [-0.2, -0.15) is 13.2 Å². The summed E-state index contributed by atoms with van der Waals surface area (Å²) < 4.78 is 45.4. The molecule has 13 heteroatoms. The quantitative estimate of drug-likeness (QED) is 0.503. The fraction of sp³-hybridized carbons (Fsp3) is 0.360. The first kappa shape index (κ1) is 25.4. The van der Waals surface area contributed by atoms with Gasteiger partial charge < -0.3 is 10.1 Å². The minimum atomic E-state index is -4.62. The lowest BCUT2D eigenvalue weighted by molar-refractivity contribution is -0.137. The van der Waals surface area contributed by atoms with E-state index in [4.69, 9.17) is 4.74 Å². The summed E-state index contributed by atoms with van der Waals surface area (Å²) in [6.07, 6.45) is 0.347. The summed E-state index contributed by atoms with van der Waals surface area (Å²) in [7, 11) is 1.54. The molecule has 4 amide bonds. The molecule has 2 aliphatic rings. The maximum Gasteiger partial charge on any atom is 0.417 e. The number of hydrogen-bond acceptors (Lipinski definition) is 7. The molecule has 1 N–H and O–H groups in total. The third-order valence-electron chi connectivity index (χ3n) is 6.74. The largest absolute Gasteiger partial charge is 0.474 e. The van der Waals surface area contributed by atoms with E-state index in [-0.39, 0.29) is 24.2 Å². The van der Waals surface area contributed by atoms with Crippen molar-refractivity contribution in [1.29, 1.82) is 0 Å². The molecular formula is C25H23F3N6O4. The zero-order chi connectivity index (χ0) is 27.0. The summed E-state index contributed by atoms with van der Waals surface area (Å²) in [4.78, 5) is 51.9. The first-order chi connectivity index (χ1) is 18.2. The molecule has 0 radical (unpaired) electrons. The zero-order valence-corrected chi connectivity index (χ0v) is 20.2. The lowest BCUT2D eigenvalue weighted by Crippen LogP contribution is -2.44. The lowest BCUT2D eigenvalue weighted by Gasteiger charge is -2.33. The van der Waals surface area contributed by atoms with E-state index in [1.54, 1.807) is 25.2 Å². The van der Waals surface area contributed by atoms with Crippen molar-refractivity contribution in [3.63, 3.8) is 0 Å². The first-order valence-electron chi connectivity index (χ1n) is 11.9. The van der Waals surface area contributed by atoms with E-state index >= 15 is 0 Å². The van der Waals surface area contributed by atoms with Crippen molar-refractivity contribution in [2.75, 3.05) is 18.5 Å². The fourth-order valence-corrected chi connectivity index (χ4v) is 4.80. The standard InChI is InChI=1S/C25H23F3N6O4/c1-29-22(36)14-2-7-19-20(8-14)31-13-32-23(19)38-18-5-3-16(4-6-18)34-21(35)12-33(24(34)37)17-9-15(10-30-11-17)25(26,27)28/h2,7-11,13,16,18H,3-6,12H2,1H3,(H,29,36)/t16-,18-. The highest BCUT2D eigenvalue weighted by Gasteiger charge is 2.43.